The van der Waals surface area contributed by atoms with Gasteiger partial charge in [0.25, 0.3) is 0 Å². The van der Waals surface area contributed by atoms with E-state index in [-0.39, 0.29) is 31.1 Å². The van der Waals surface area contributed by atoms with Gasteiger partial charge in [0.2, 0.25) is 5.91 Å². The molecule has 20 heavy (non-hydrogen) atoms. The van der Waals surface area contributed by atoms with E-state index in [4.69, 9.17) is 10.00 Å². The van der Waals surface area contributed by atoms with Crippen LogP contribution in [0.15, 0.2) is 24.3 Å². The lowest BCUT2D eigenvalue weighted by Crippen LogP contribution is -2.38. The Hall–Kier alpha value is -2.06. The zero-order valence-electron chi connectivity index (χ0n) is 12.1. The normalized spacial score (nSPS) is 11.8. The molecule has 0 aliphatic rings. The number of benzene rings is 1. The Morgan fingerprint density at radius 1 is 1.30 bits per heavy atom. The fraction of sp³-hybridized carbons (Fsp3) is 0.467. The number of amides is 1. The highest BCUT2D eigenvalue weighted by Gasteiger charge is 2.08. The first-order valence-electron chi connectivity index (χ1n) is 6.65. The Bertz CT molecular complexity index is 463. The third kappa shape index (κ3) is 5.72. The van der Waals surface area contributed by atoms with Gasteiger partial charge in [0, 0.05) is 12.1 Å². The van der Waals surface area contributed by atoms with E-state index >= 15 is 0 Å². The van der Waals surface area contributed by atoms with Crippen LogP contribution < -0.4 is 15.4 Å². The summed E-state index contributed by atoms with van der Waals surface area (Å²) in [5.41, 5.74) is 1.06. The van der Waals surface area contributed by atoms with Crippen LogP contribution in [-0.4, -0.2) is 25.1 Å². The summed E-state index contributed by atoms with van der Waals surface area (Å²) in [7, 11) is 0. The van der Waals surface area contributed by atoms with Crippen LogP contribution in [0.5, 0.6) is 5.75 Å². The number of carbonyl (C=O) groups is 1. The second kappa shape index (κ2) is 8.18. The van der Waals surface area contributed by atoms with Crippen molar-refractivity contribution in [2.45, 2.75) is 32.9 Å². The first-order chi connectivity index (χ1) is 9.52. The summed E-state index contributed by atoms with van der Waals surface area (Å²) in [6, 6.07) is 9.62. The highest BCUT2D eigenvalue weighted by Crippen LogP contribution is 2.17. The van der Waals surface area contributed by atoms with E-state index in [1.807, 2.05) is 51.1 Å². The van der Waals surface area contributed by atoms with E-state index in [0.29, 0.717) is 5.75 Å². The minimum atomic E-state index is -0.0131. The monoisotopic (exact) mass is 275 g/mol. The van der Waals surface area contributed by atoms with E-state index in [9.17, 15) is 4.79 Å². The summed E-state index contributed by atoms with van der Waals surface area (Å²) < 4.78 is 5.19. The molecule has 1 aromatic carbocycles. The third-order valence-electron chi connectivity index (χ3n) is 2.70. The van der Waals surface area contributed by atoms with Gasteiger partial charge in [0.05, 0.1) is 6.54 Å². The van der Waals surface area contributed by atoms with Gasteiger partial charge in [-0.1, -0.05) is 12.1 Å². The first-order valence-corrected chi connectivity index (χ1v) is 6.65. The van der Waals surface area contributed by atoms with Gasteiger partial charge >= 0.3 is 0 Å². The van der Waals surface area contributed by atoms with Crippen LogP contribution in [0.3, 0.4) is 0 Å². The molecule has 2 N–H and O–H groups in total. The molecule has 0 spiro atoms. The van der Waals surface area contributed by atoms with Crippen molar-refractivity contribution in [1.82, 2.24) is 10.6 Å². The molecule has 108 valence electrons. The fourth-order valence-corrected chi connectivity index (χ4v) is 1.70. The number of rotatable bonds is 7. The molecule has 0 fully saturated rings. The lowest BCUT2D eigenvalue weighted by atomic mass is 10.1. The van der Waals surface area contributed by atoms with Crippen LogP contribution in [0.1, 0.15) is 32.4 Å². The molecule has 1 unspecified atom stereocenters. The molecule has 1 amide bonds. The van der Waals surface area contributed by atoms with E-state index in [1.54, 1.807) is 0 Å². The SMILES string of the molecule is CC(C)NC(=O)CNC(C)c1ccc(OCC#N)cc1. The number of nitrogens with zero attached hydrogens (tertiary/aromatic N) is 1. The van der Waals surface area contributed by atoms with Crippen molar-refractivity contribution in [2.24, 2.45) is 0 Å². The van der Waals surface area contributed by atoms with Gasteiger partial charge in [-0.15, -0.1) is 0 Å². The molecule has 0 heterocycles. The van der Waals surface area contributed by atoms with Crippen molar-refractivity contribution in [3.8, 4) is 11.8 Å². The minimum absolute atomic E-state index is 0.0131. The summed E-state index contributed by atoms with van der Waals surface area (Å²) >= 11 is 0. The molecule has 1 rings (SSSR count). The number of nitrogens with one attached hydrogen (secondary N) is 2. The molecule has 0 aliphatic heterocycles. The molecule has 0 bridgehead atoms. The fourth-order valence-electron chi connectivity index (χ4n) is 1.70. The number of nitriles is 1. The molecule has 0 saturated carbocycles. The number of ether oxygens (including phenoxy) is 1. The topological polar surface area (TPSA) is 74.2 Å². The summed E-state index contributed by atoms with van der Waals surface area (Å²) in [5, 5.41) is 14.4. The molecular formula is C15H21N3O2. The average Bonchev–Trinajstić information content (AvgIpc) is 2.42. The molecule has 1 atom stereocenters. The zero-order valence-corrected chi connectivity index (χ0v) is 12.1. The average molecular weight is 275 g/mol. The largest absolute Gasteiger partial charge is 0.479 e. The maximum atomic E-state index is 11.5. The molecular weight excluding hydrogens is 254 g/mol. The summed E-state index contributed by atoms with van der Waals surface area (Å²) in [5.74, 6) is 0.654. The Balaban J connectivity index is 2.45. The van der Waals surface area contributed by atoms with E-state index in [1.165, 1.54) is 0 Å². The predicted octanol–water partition coefficient (Wildman–Crippen LogP) is 1.76. The van der Waals surface area contributed by atoms with Crippen LogP contribution in [0.2, 0.25) is 0 Å². The van der Waals surface area contributed by atoms with Gasteiger partial charge in [-0.25, -0.2) is 0 Å². The molecule has 5 heteroatoms. The van der Waals surface area contributed by atoms with Gasteiger partial charge in [0.1, 0.15) is 11.8 Å². The lowest BCUT2D eigenvalue weighted by molar-refractivity contribution is -0.120. The summed E-state index contributed by atoms with van der Waals surface area (Å²) in [6.45, 7) is 6.19. The van der Waals surface area contributed by atoms with Gasteiger partial charge < -0.3 is 15.4 Å². The summed E-state index contributed by atoms with van der Waals surface area (Å²) in [4.78, 5) is 11.5. The molecule has 0 aromatic heterocycles. The van der Waals surface area contributed by atoms with Crippen molar-refractivity contribution >= 4 is 5.91 Å². The first kappa shape index (κ1) is 16.0. The standard InChI is InChI=1S/C15H21N3O2/c1-11(2)18-15(19)10-17-12(3)13-4-6-14(7-5-13)20-9-8-16/h4-7,11-12,17H,9-10H2,1-3H3,(H,18,19). The minimum Gasteiger partial charge on any atom is -0.479 e. The molecule has 5 nitrogen and oxygen atoms in total. The quantitative estimate of drug-likeness (QED) is 0.795. The number of carbonyl (C=O) groups excluding carboxylic acids is 1. The van der Waals surface area contributed by atoms with Gasteiger partial charge in [-0.3, -0.25) is 4.79 Å². The Kier molecular flexibility index (Phi) is 6.54. The molecule has 0 saturated heterocycles. The second-order valence-corrected chi connectivity index (χ2v) is 4.84. The molecule has 0 aliphatic carbocycles. The van der Waals surface area contributed by atoms with Crippen LogP contribution >= 0.6 is 0 Å². The van der Waals surface area contributed by atoms with Gasteiger partial charge in [-0.2, -0.15) is 5.26 Å². The maximum absolute atomic E-state index is 11.5. The highest BCUT2D eigenvalue weighted by atomic mass is 16.5. The molecule has 0 radical (unpaired) electrons. The van der Waals surface area contributed by atoms with E-state index in [0.717, 1.165) is 5.56 Å². The van der Waals surface area contributed by atoms with Crippen molar-refractivity contribution < 1.29 is 9.53 Å². The van der Waals surface area contributed by atoms with Crippen molar-refractivity contribution in [3.05, 3.63) is 29.8 Å². The van der Waals surface area contributed by atoms with Crippen LogP contribution in [-0.2, 0) is 4.79 Å². The Morgan fingerprint density at radius 3 is 2.50 bits per heavy atom. The van der Waals surface area contributed by atoms with Crippen molar-refractivity contribution in [2.75, 3.05) is 13.2 Å². The van der Waals surface area contributed by atoms with Gasteiger partial charge in [-0.05, 0) is 38.5 Å². The van der Waals surface area contributed by atoms with E-state index < -0.39 is 0 Å². The van der Waals surface area contributed by atoms with Gasteiger partial charge in [0.15, 0.2) is 6.61 Å². The Morgan fingerprint density at radius 2 is 1.95 bits per heavy atom. The smallest absolute Gasteiger partial charge is 0.234 e. The zero-order chi connectivity index (χ0) is 15.0. The van der Waals surface area contributed by atoms with Crippen LogP contribution in [0.4, 0.5) is 0 Å². The van der Waals surface area contributed by atoms with E-state index in [2.05, 4.69) is 10.6 Å². The number of hydrogen-bond acceptors (Lipinski definition) is 4. The molecule has 1 aromatic rings. The van der Waals surface area contributed by atoms with Crippen LogP contribution in [0.25, 0.3) is 0 Å². The predicted molar refractivity (Wildman–Crippen MR) is 77.2 cm³/mol. The Labute approximate surface area is 119 Å². The van der Waals surface area contributed by atoms with Crippen molar-refractivity contribution in [1.29, 1.82) is 5.26 Å². The third-order valence-corrected chi connectivity index (χ3v) is 2.70. The second-order valence-electron chi connectivity index (χ2n) is 4.84. The van der Waals surface area contributed by atoms with Crippen LogP contribution in [0, 0.1) is 11.3 Å². The lowest BCUT2D eigenvalue weighted by Gasteiger charge is -2.15. The van der Waals surface area contributed by atoms with Crippen molar-refractivity contribution in [3.63, 3.8) is 0 Å². The summed E-state index contributed by atoms with van der Waals surface area (Å²) in [6.07, 6.45) is 0. The number of hydrogen-bond donors (Lipinski definition) is 2. The highest BCUT2D eigenvalue weighted by molar-refractivity contribution is 5.78. The maximum Gasteiger partial charge on any atom is 0.234 e.